The van der Waals surface area contributed by atoms with Crippen LogP contribution in [-0.4, -0.2) is 43.0 Å². The Hall–Kier alpha value is -2.37. The number of halogens is 1. The Balaban J connectivity index is 1.37. The Morgan fingerprint density at radius 3 is 2.61 bits per heavy atom. The number of amides is 2. The fraction of sp³-hybridized carbons (Fsp3) is 0.364. The number of ether oxygens (including phenoxy) is 1. The van der Waals surface area contributed by atoms with Crippen LogP contribution >= 0.6 is 11.6 Å². The molecule has 5 nitrogen and oxygen atoms in total. The Morgan fingerprint density at radius 2 is 1.86 bits per heavy atom. The second kappa shape index (κ2) is 10.2. The summed E-state index contributed by atoms with van der Waals surface area (Å²) >= 11 is 5.84. The molecule has 28 heavy (non-hydrogen) atoms. The predicted molar refractivity (Wildman–Crippen MR) is 109 cm³/mol. The molecule has 0 radical (unpaired) electrons. The van der Waals surface area contributed by atoms with E-state index in [1.165, 1.54) is 0 Å². The van der Waals surface area contributed by atoms with Crippen LogP contribution in [0.3, 0.4) is 0 Å². The van der Waals surface area contributed by atoms with Gasteiger partial charge in [-0.15, -0.1) is 0 Å². The van der Waals surface area contributed by atoms with Crippen LogP contribution < -0.4 is 5.32 Å². The van der Waals surface area contributed by atoms with Crippen LogP contribution in [0.1, 0.15) is 30.1 Å². The SMILES string of the molecule is O=C(Cc1ccc(Cl)cc1)NCCCC(=O)N1CCOC(c2ccccc2)C1. The molecule has 1 heterocycles. The van der Waals surface area contributed by atoms with Crippen molar-refractivity contribution in [2.24, 2.45) is 0 Å². The molecule has 0 aliphatic carbocycles. The van der Waals surface area contributed by atoms with Gasteiger partial charge in [-0.3, -0.25) is 9.59 Å². The summed E-state index contributed by atoms with van der Waals surface area (Å²) in [6.45, 7) is 2.23. The summed E-state index contributed by atoms with van der Waals surface area (Å²) in [7, 11) is 0. The lowest BCUT2D eigenvalue weighted by Gasteiger charge is -2.33. The fourth-order valence-corrected chi connectivity index (χ4v) is 3.35. The van der Waals surface area contributed by atoms with E-state index in [4.69, 9.17) is 16.3 Å². The summed E-state index contributed by atoms with van der Waals surface area (Å²) in [5.41, 5.74) is 2.01. The van der Waals surface area contributed by atoms with Crippen molar-refractivity contribution < 1.29 is 14.3 Å². The van der Waals surface area contributed by atoms with Crippen molar-refractivity contribution in [3.05, 3.63) is 70.7 Å². The second-order valence-corrected chi connectivity index (χ2v) is 7.30. The minimum absolute atomic E-state index is 0.0507. The number of benzene rings is 2. The largest absolute Gasteiger partial charge is 0.370 e. The van der Waals surface area contributed by atoms with Gasteiger partial charge in [-0.05, 0) is 29.7 Å². The lowest BCUT2D eigenvalue weighted by Crippen LogP contribution is -2.42. The molecule has 0 spiro atoms. The molecule has 1 aliphatic heterocycles. The van der Waals surface area contributed by atoms with E-state index in [2.05, 4.69) is 5.32 Å². The van der Waals surface area contributed by atoms with Gasteiger partial charge in [-0.2, -0.15) is 0 Å². The molecular formula is C22H25ClN2O3. The second-order valence-electron chi connectivity index (χ2n) is 6.87. The number of rotatable bonds is 7. The number of carbonyl (C=O) groups is 2. The van der Waals surface area contributed by atoms with E-state index >= 15 is 0 Å². The van der Waals surface area contributed by atoms with E-state index in [0.717, 1.165) is 11.1 Å². The first kappa shape index (κ1) is 20.4. The molecule has 148 valence electrons. The molecule has 1 atom stereocenters. The van der Waals surface area contributed by atoms with Crippen molar-refractivity contribution >= 4 is 23.4 Å². The van der Waals surface area contributed by atoms with Crippen LogP contribution in [0.25, 0.3) is 0 Å². The Labute approximate surface area is 170 Å². The summed E-state index contributed by atoms with van der Waals surface area (Å²) in [4.78, 5) is 26.3. The maximum atomic E-state index is 12.5. The molecule has 0 saturated carbocycles. The highest BCUT2D eigenvalue weighted by Crippen LogP contribution is 2.22. The van der Waals surface area contributed by atoms with Gasteiger partial charge in [0.15, 0.2) is 0 Å². The first-order chi connectivity index (χ1) is 13.6. The zero-order chi connectivity index (χ0) is 19.8. The third-order valence-electron chi connectivity index (χ3n) is 4.76. The zero-order valence-electron chi connectivity index (χ0n) is 15.8. The van der Waals surface area contributed by atoms with E-state index in [-0.39, 0.29) is 17.9 Å². The molecule has 1 saturated heterocycles. The van der Waals surface area contributed by atoms with Crippen molar-refractivity contribution in [2.45, 2.75) is 25.4 Å². The number of hydrogen-bond acceptors (Lipinski definition) is 3. The van der Waals surface area contributed by atoms with Gasteiger partial charge in [-0.1, -0.05) is 54.1 Å². The molecule has 1 unspecified atom stereocenters. The van der Waals surface area contributed by atoms with Crippen LogP contribution in [0.2, 0.25) is 5.02 Å². The van der Waals surface area contributed by atoms with Crippen LogP contribution in [0, 0.1) is 0 Å². The van der Waals surface area contributed by atoms with Gasteiger partial charge in [0.25, 0.3) is 0 Å². The zero-order valence-corrected chi connectivity index (χ0v) is 16.5. The smallest absolute Gasteiger partial charge is 0.224 e. The maximum absolute atomic E-state index is 12.5. The van der Waals surface area contributed by atoms with Gasteiger partial charge in [0.05, 0.1) is 19.6 Å². The lowest BCUT2D eigenvalue weighted by atomic mass is 10.1. The minimum atomic E-state index is -0.0713. The van der Waals surface area contributed by atoms with E-state index in [9.17, 15) is 9.59 Å². The van der Waals surface area contributed by atoms with Crippen molar-refractivity contribution in [1.29, 1.82) is 0 Å². The molecule has 1 N–H and O–H groups in total. The number of hydrogen-bond donors (Lipinski definition) is 1. The third kappa shape index (κ3) is 6.08. The lowest BCUT2D eigenvalue weighted by molar-refractivity contribution is -0.139. The number of nitrogens with zero attached hydrogens (tertiary/aromatic N) is 1. The van der Waals surface area contributed by atoms with Crippen LogP contribution in [0.5, 0.6) is 0 Å². The first-order valence-electron chi connectivity index (χ1n) is 9.57. The third-order valence-corrected chi connectivity index (χ3v) is 5.01. The Kier molecular flexibility index (Phi) is 7.46. The number of morpholine rings is 1. The quantitative estimate of drug-likeness (QED) is 0.725. The van der Waals surface area contributed by atoms with Crippen LogP contribution in [0.4, 0.5) is 0 Å². The van der Waals surface area contributed by atoms with Gasteiger partial charge in [-0.25, -0.2) is 0 Å². The van der Waals surface area contributed by atoms with Crippen molar-refractivity contribution in [3.8, 4) is 0 Å². The van der Waals surface area contributed by atoms with Gasteiger partial charge >= 0.3 is 0 Å². The molecule has 1 aliphatic rings. The highest BCUT2D eigenvalue weighted by atomic mass is 35.5. The van der Waals surface area contributed by atoms with Gasteiger partial charge < -0.3 is 15.0 Å². The number of carbonyl (C=O) groups excluding carboxylic acids is 2. The van der Waals surface area contributed by atoms with E-state index < -0.39 is 0 Å². The molecule has 0 bridgehead atoms. The molecule has 3 rings (SSSR count). The van der Waals surface area contributed by atoms with Crippen LogP contribution in [0.15, 0.2) is 54.6 Å². The minimum Gasteiger partial charge on any atom is -0.370 e. The van der Waals surface area contributed by atoms with Crippen molar-refractivity contribution in [3.63, 3.8) is 0 Å². The molecular weight excluding hydrogens is 376 g/mol. The van der Waals surface area contributed by atoms with Gasteiger partial charge in [0, 0.05) is 24.5 Å². The molecule has 2 aromatic carbocycles. The van der Waals surface area contributed by atoms with Crippen molar-refractivity contribution in [1.82, 2.24) is 10.2 Å². The topological polar surface area (TPSA) is 58.6 Å². The normalized spacial score (nSPS) is 16.6. The predicted octanol–water partition coefficient (Wildman–Crippen LogP) is 3.38. The maximum Gasteiger partial charge on any atom is 0.224 e. The van der Waals surface area contributed by atoms with Crippen LogP contribution in [-0.2, 0) is 20.7 Å². The van der Waals surface area contributed by atoms with E-state index in [0.29, 0.717) is 50.5 Å². The first-order valence-corrected chi connectivity index (χ1v) is 9.95. The summed E-state index contributed by atoms with van der Waals surface area (Å²) in [5, 5.41) is 3.52. The molecule has 6 heteroatoms. The molecule has 2 amide bonds. The average Bonchev–Trinajstić information content (AvgIpc) is 2.73. The highest BCUT2D eigenvalue weighted by molar-refractivity contribution is 6.30. The highest BCUT2D eigenvalue weighted by Gasteiger charge is 2.24. The summed E-state index contributed by atoms with van der Waals surface area (Å²) in [6.07, 6.45) is 1.28. The van der Waals surface area contributed by atoms with Gasteiger partial charge in [0.1, 0.15) is 6.10 Å². The van der Waals surface area contributed by atoms with E-state index in [1.54, 1.807) is 12.1 Å². The standard InChI is InChI=1S/C22H25ClN2O3/c23-19-10-8-17(9-11-19)15-21(26)24-12-4-7-22(27)25-13-14-28-20(16-25)18-5-2-1-3-6-18/h1-3,5-6,8-11,20H,4,7,12-16H2,(H,24,26). The van der Waals surface area contributed by atoms with Crippen molar-refractivity contribution in [2.75, 3.05) is 26.2 Å². The molecule has 0 aromatic heterocycles. The fourth-order valence-electron chi connectivity index (χ4n) is 3.22. The average molecular weight is 401 g/mol. The van der Waals surface area contributed by atoms with Gasteiger partial charge in [0.2, 0.25) is 11.8 Å². The number of nitrogens with one attached hydrogen (secondary N) is 1. The molecule has 1 fully saturated rings. The summed E-state index contributed by atoms with van der Waals surface area (Å²) in [6, 6.07) is 17.2. The Bertz CT molecular complexity index is 780. The summed E-state index contributed by atoms with van der Waals surface area (Å²) in [5.74, 6) is 0.0569. The molecule has 2 aromatic rings. The monoisotopic (exact) mass is 400 g/mol. The van der Waals surface area contributed by atoms with E-state index in [1.807, 2.05) is 47.4 Å². The Morgan fingerprint density at radius 1 is 1.11 bits per heavy atom. The summed E-state index contributed by atoms with van der Waals surface area (Å²) < 4.78 is 5.81.